The lowest BCUT2D eigenvalue weighted by atomic mass is 10.2. The summed E-state index contributed by atoms with van der Waals surface area (Å²) in [6, 6.07) is -0.620. The lowest BCUT2D eigenvalue weighted by Gasteiger charge is -2.08. The Morgan fingerprint density at radius 3 is 2.80 bits per heavy atom. The number of methoxy groups -OCH3 is 1. The van der Waals surface area contributed by atoms with Crippen molar-refractivity contribution in [2.75, 3.05) is 13.7 Å². The molecule has 0 amide bonds. The minimum atomic E-state index is -0.826. The molecule has 1 fully saturated rings. The first kappa shape index (κ1) is 7.50. The Kier molecular flexibility index (Phi) is 2.24. The Morgan fingerprint density at radius 2 is 2.40 bits per heavy atom. The van der Waals surface area contributed by atoms with Gasteiger partial charge in [0.1, 0.15) is 12.1 Å². The van der Waals surface area contributed by atoms with Gasteiger partial charge < -0.3 is 10.1 Å². The van der Waals surface area contributed by atoms with Gasteiger partial charge in [-0.3, -0.25) is 4.79 Å². The van der Waals surface area contributed by atoms with Crippen molar-refractivity contribution in [1.82, 2.24) is 5.32 Å². The van der Waals surface area contributed by atoms with Gasteiger partial charge in [0.05, 0.1) is 7.11 Å². The molecule has 1 radical (unpaired) electrons. The predicted octanol–water partition coefficient (Wildman–Crippen LogP) is -0.680. The number of nitrogens with one attached hydrogen (secondary N) is 1. The summed E-state index contributed by atoms with van der Waals surface area (Å²) in [4.78, 5) is 10.7. The molecule has 1 aliphatic rings. The molecule has 0 saturated carbocycles. The van der Waals surface area contributed by atoms with E-state index in [0.29, 0.717) is 13.0 Å². The zero-order valence-corrected chi connectivity index (χ0v) is 5.79. The second-order valence-electron chi connectivity index (χ2n) is 2.28. The molecule has 10 heavy (non-hydrogen) atoms. The van der Waals surface area contributed by atoms with Crippen LogP contribution in [0.5, 0.6) is 0 Å². The monoisotopic (exact) mass is 144 g/mol. The Balaban J connectivity index is 2.46. The van der Waals surface area contributed by atoms with Crippen molar-refractivity contribution in [2.24, 2.45) is 0 Å². The SMILES string of the molecule is COC(=O)C1NCCC1[O]. The number of esters is 1. The zero-order valence-electron chi connectivity index (χ0n) is 5.79. The van der Waals surface area contributed by atoms with Crippen LogP contribution in [0.3, 0.4) is 0 Å². The van der Waals surface area contributed by atoms with Gasteiger partial charge >= 0.3 is 5.97 Å². The molecule has 0 aromatic heterocycles. The summed E-state index contributed by atoms with van der Waals surface area (Å²) in [7, 11) is 1.29. The second-order valence-corrected chi connectivity index (χ2v) is 2.28. The standard InChI is InChI=1S/C6H10NO3/c1-10-6(9)5-4(8)2-3-7-5/h4-5,7H,2-3H2,1H3. The fourth-order valence-electron chi connectivity index (χ4n) is 1.04. The summed E-state index contributed by atoms with van der Waals surface area (Å²) >= 11 is 0. The van der Waals surface area contributed by atoms with Gasteiger partial charge in [-0.15, -0.1) is 0 Å². The van der Waals surface area contributed by atoms with E-state index in [2.05, 4.69) is 10.1 Å². The third kappa shape index (κ3) is 1.27. The molecule has 0 aromatic carbocycles. The molecule has 4 heteroatoms. The van der Waals surface area contributed by atoms with Crippen LogP contribution >= 0.6 is 0 Å². The Morgan fingerprint density at radius 1 is 1.70 bits per heavy atom. The molecule has 1 N–H and O–H groups in total. The molecular weight excluding hydrogens is 134 g/mol. The Hall–Kier alpha value is -0.610. The first-order valence-corrected chi connectivity index (χ1v) is 3.22. The molecular formula is C6H10NO3. The molecule has 0 spiro atoms. The molecule has 2 unspecified atom stereocenters. The average molecular weight is 144 g/mol. The molecule has 1 rings (SSSR count). The van der Waals surface area contributed by atoms with Crippen molar-refractivity contribution < 1.29 is 14.6 Å². The van der Waals surface area contributed by atoms with Crippen LogP contribution in [-0.4, -0.2) is 31.8 Å². The highest BCUT2D eigenvalue weighted by molar-refractivity contribution is 5.76. The fourth-order valence-corrected chi connectivity index (χ4v) is 1.04. The number of rotatable bonds is 1. The molecule has 0 bridgehead atoms. The van der Waals surface area contributed by atoms with E-state index in [1.165, 1.54) is 7.11 Å². The number of carbonyl (C=O) groups is 1. The molecule has 0 aromatic rings. The lowest BCUT2D eigenvalue weighted by molar-refractivity contribution is -0.145. The fraction of sp³-hybridized carbons (Fsp3) is 0.833. The van der Waals surface area contributed by atoms with Crippen molar-refractivity contribution in [3.63, 3.8) is 0 Å². The van der Waals surface area contributed by atoms with Gasteiger partial charge in [0.2, 0.25) is 0 Å². The van der Waals surface area contributed by atoms with Crippen LogP contribution in [0.2, 0.25) is 0 Å². The predicted molar refractivity (Wildman–Crippen MR) is 32.9 cm³/mol. The van der Waals surface area contributed by atoms with E-state index in [4.69, 9.17) is 0 Å². The first-order chi connectivity index (χ1) is 4.75. The minimum Gasteiger partial charge on any atom is -0.468 e. The minimum absolute atomic E-state index is 0.447. The van der Waals surface area contributed by atoms with Crippen molar-refractivity contribution in [2.45, 2.75) is 18.6 Å². The van der Waals surface area contributed by atoms with Crippen molar-refractivity contribution in [1.29, 1.82) is 0 Å². The summed E-state index contributed by atoms with van der Waals surface area (Å²) in [6.07, 6.45) is -0.313. The maximum absolute atomic E-state index is 10.9. The Labute approximate surface area is 59.2 Å². The number of carbonyl (C=O) groups excluding carboxylic acids is 1. The van der Waals surface area contributed by atoms with E-state index in [1.807, 2.05) is 0 Å². The summed E-state index contributed by atoms with van der Waals surface area (Å²) in [6.45, 7) is 0.619. The molecule has 4 nitrogen and oxygen atoms in total. The molecule has 0 aliphatic carbocycles. The Bertz CT molecular complexity index is 137. The quantitative estimate of drug-likeness (QED) is 0.496. The van der Waals surface area contributed by atoms with Gasteiger partial charge in [-0.2, -0.15) is 0 Å². The van der Waals surface area contributed by atoms with Gasteiger partial charge in [0, 0.05) is 0 Å². The van der Waals surface area contributed by atoms with E-state index in [9.17, 15) is 9.90 Å². The van der Waals surface area contributed by atoms with Crippen LogP contribution < -0.4 is 5.32 Å². The highest BCUT2D eigenvalue weighted by Crippen LogP contribution is 2.07. The summed E-state index contributed by atoms with van der Waals surface area (Å²) in [5.41, 5.74) is 0. The third-order valence-electron chi connectivity index (χ3n) is 1.62. The van der Waals surface area contributed by atoms with E-state index >= 15 is 0 Å². The molecule has 1 heterocycles. The summed E-state index contributed by atoms with van der Waals surface area (Å²) in [5, 5.41) is 13.7. The topological polar surface area (TPSA) is 58.2 Å². The van der Waals surface area contributed by atoms with Crippen molar-refractivity contribution in [3.8, 4) is 0 Å². The summed E-state index contributed by atoms with van der Waals surface area (Å²) in [5.74, 6) is -0.447. The van der Waals surface area contributed by atoms with Crippen LogP contribution in [0.4, 0.5) is 0 Å². The van der Waals surface area contributed by atoms with Crippen LogP contribution in [0.25, 0.3) is 0 Å². The first-order valence-electron chi connectivity index (χ1n) is 3.22. The smallest absolute Gasteiger partial charge is 0.325 e. The van der Waals surface area contributed by atoms with E-state index in [-0.39, 0.29) is 0 Å². The number of hydrogen-bond acceptors (Lipinski definition) is 3. The average Bonchev–Trinajstić information content (AvgIpc) is 2.34. The maximum atomic E-state index is 10.9. The second kappa shape index (κ2) is 2.98. The molecule has 1 aliphatic heterocycles. The van der Waals surface area contributed by atoms with Gasteiger partial charge in [-0.1, -0.05) is 0 Å². The summed E-state index contributed by atoms with van der Waals surface area (Å²) < 4.78 is 4.40. The maximum Gasteiger partial charge on any atom is 0.325 e. The number of hydrogen-bond donors (Lipinski definition) is 1. The van der Waals surface area contributed by atoms with Gasteiger partial charge in [-0.05, 0) is 13.0 Å². The van der Waals surface area contributed by atoms with Crippen LogP contribution in [-0.2, 0) is 14.6 Å². The van der Waals surface area contributed by atoms with Crippen LogP contribution in [0, 0.1) is 0 Å². The highest BCUT2D eigenvalue weighted by Gasteiger charge is 2.32. The molecule has 57 valence electrons. The normalized spacial score (nSPS) is 32.2. The van der Waals surface area contributed by atoms with Crippen molar-refractivity contribution >= 4 is 5.97 Å². The van der Waals surface area contributed by atoms with Gasteiger partial charge in [-0.25, -0.2) is 5.11 Å². The molecule has 1 saturated heterocycles. The third-order valence-corrected chi connectivity index (χ3v) is 1.62. The number of ether oxygens (including phenoxy) is 1. The van der Waals surface area contributed by atoms with E-state index in [0.717, 1.165) is 0 Å². The van der Waals surface area contributed by atoms with Crippen LogP contribution in [0.1, 0.15) is 6.42 Å². The highest BCUT2D eigenvalue weighted by atomic mass is 16.5. The van der Waals surface area contributed by atoms with Crippen molar-refractivity contribution in [3.05, 3.63) is 0 Å². The largest absolute Gasteiger partial charge is 0.468 e. The van der Waals surface area contributed by atoms with Crippen LogP contribution in [0.15, 0.2) is 0 Å². The molecule has 2 atom stereocenters. The van der Waals surface area contributed by atoms with E-state index < -0.39 is 18.1 Å². The van der Waals surface area contributed by atoms with Gasteiger partial charge in [0.15, 0.2) is 0 Å². The van der Waals surface area contributed by atoms with Gasteiger partial charge in [0.25, 0.3) is 0 Å². The van der Waals surface area contributed by atoms with E-state index in [1.54, 1.807) is 0 Å². The lowest BCUT2D eigenvalue weighted by Crippen LogP contribution is -2.38. The zero-order chi connectivity index (χ0) is 7.56.